The van der Waals surface area contributed by atoms with Crippen molar-refractivity contribution in [3.8, 4) is 5.69 Å². The molecule has 2 aromatic rings. The first-order chi connectivity index (χ1) is 10.6. The molecule has 0 N–H and O–H groups in total. The van der Waals surface area contributed by atoms with Gasteiger partial charge in [-0.3, -0.25) is 14.7 Å². The lowest BCUT2D eigenvalue weighted by Crippen LogP contribution is -2.23. The molecule has 0 atom stereocenters. The smallest absolute Gasteiger partial charge is 0.266 e. The zero-order chi connectivity index (χ0) is 15.7. The van der Waals surface area contributed by atoms with Gasteiger partial charge in [0.05, 0.1) is 4.91 Å². The van der Waals surface area contributed by atoms with Crippen molar-refractivity contribution in [2.75, 3.05) is 14.1 Å². The van der Waals surface area contributed by atoms with Crippen molar-refractivity contribution in [3.63, 3.8) is 0 Å². The first kappa shape index (κ1) is 14.6. The van der Waals surface area contributed by atoms with E-state index in [0.29, 0.717) is 10.1 Å². The van der Waals surface area contributed by atoms with E-state index in [1.807, 2.05) is 29.0 Å². The Hall–Kier alpha value is -2.34. The maximum absolute atomic E-state index is 13.0. The average molecular weight is 315 g/mol. The van der Waals surface area contributed by atoms with Gasteiger partial charge in [0.25, 0.3) is 5.91 Å². The molecule has 0 spiro atoms. The van der Waals surface area contributed by atoms with E-state index in [-0.39, 0.29) is 11.7 Å². The van der Waals surface area contributed by atoms with Crippen molar-refractivity contribution in [3.05, 3.63) is 59.0 Å². The molecule has 0 bridgehead atoms. The van der Waals surface area contributed by atoms with E-state index in [1.165, 1.54) is 28.8 Å². The molecule has 22 heavy (non-hydrogen) atoms. The van der Waals surface area contributed by atoms with E-state index in [0.717, 1.165) is 11.4 Å². The summed E-state index contributed by atoms with van der Waals surface area (Å²) >= 11 is 1.35. The summed E-state index contributed by atoms with van der Waals surface area (Å²) in [5, 5.41) is 0.677. The molecule has 4 nitrogen and oxygen atoms in total. The van der Waals surface area contributed by atoms with Crippen LogP contribution in [0.25, 0.3) is 11.8 Å². The van der Waals surface area contributed by atoms with Gasteiger partial charge in [0.2, 0.25) is 0 Å². The van der Waals surface area contributed by atoms with E-state index in [2.05, 4.69) is 4.99 Å². The topological polar surface area (TPSA) is 37.6 Å². The van der Waals surface area contributed by atoms with Gasteiger partial charge in [-0.05, 0) is 54.2 Å². The third-order valence-electron chi connectivity index (χ3n) is 3.36. The van der Waals surface area contributed by atoms with Crippen LogP contribution in [0.4, 0.5) is 4.39 Å². The first-order valence-electron chi connectivity index (χ1n) is 6.68. The molecule has 3 rings (SSSR count). The molecule has 1 saturated heterocycles. The Morgan fingerprint density at radius 1 is 1.23 bits per heavy atom. The number of rotatable bonds is 2. The predicted octanol–water partition coefficient (Wildman–Crippen LogP) is 3.15. The number of carbonyl (C=O) groups excluding carboxylic acids is 1. The van der Waals surface area contributed by atoms with Crippen molar-refractivity contribution >= 4 is 28.9 Å². The van der Waals surface area contributed by atoms with Gasteiger partial charge in [0, 0.05) is 31.7 Å². The standard InChI is InChI=1S/C16H14FN3OS/c1-18-16-19(2)15(21)14(22-16)10-13-4-3-9-20(13)12-7-5-11(17)6-8-12/h3-10H,1-2H3/b14-10+,18-16?. The number of aliphatic imine (C=N–C) groups is 1. The third kappa shape index (κ3) is 2.57. The first-order valence-corrected chi connectivity index (χ1v) is 7.49. The maximum Gasteiger partial charge on any atom is 0.266 e. The fourth-order valence-electron chi connectivity index (χ4n) is 2.23. The number of likely N-dealkylation sites (N-methyl/N-ethyl adjacent to an activating group) is 1. The van der Waals surface area contributed by atoms with Crippen molar-refractivity contribution in [2.45, 2.75) is 0 Å². The summed E-state index contributed by atoms with van der Waals surface area (Å²) in [7, 11) is 3.37. The van der Waals surface area contributed by atoms with Gasteiger partial charge in [-0.15, -0.1) is 0 Å². The van der Waals surface area contributed by atoms with Crippen LogP contribution in [0.5, 0.6) is 0 Å². The van der Waals surface area contributed by atoms with Crippen LogP contribution in [0.2, 0.25) is 0 Å². The zero-order valence-electron chi connectivity index (χ0n) is 12.2. The molecule has 112 valence electrons. The molecule has 1 aromatic carbocycles. The summed E-state index contributed by atoms with van der Waals surface area (Å²) < 4.78 is 14.9. The Labute approximate surface area is 132 Å². The Morgan fingerprint density at radius 3 is 2.59 bits per heavy atom. The lowest BCUT2D eigenvalue weighted by molar-refractivity contribution is -0.121. The largest absolute Gasteiger partial charge is 0.317 e. The second-order valence-electron chi connectivity index (χ2n) is 4.76. The highest BCUT2D eigenvalue weighted by molar-refractivity contribution is 8.18. The Kier molecular flexibility index (Phi) is 3.85. The molecule has 1 amide bonds. The van der Waals surface area contributed by atoms with Crippen LogP contribution in [0, 0.1) is 5.82 Å². The zero-order valence-corrected chi connectivity index (χ0v) is 13.0. The number of thioether (sulfide) groups is 1. The fourth-order valence-corrected chi connectivity index (χ4v) is 3.14. The van der Waals surface area contributed by atoms with Crippen molar-refractivity contribution < 1.29 is 9.18 Å². The Balaban J connectivity index is 1.98. The molecule has 0 unspecified atom stereocenters. The number of benzene rings is 1. The molecule has 1 aromatic heterocycles. The number of nitrogens with zero attached hydrogens (tertiary/aromatic N) is 3. The van der Waals surface area contributed by atoms with Gasteiger partial charge in [0.15, 0.2) is 5.17 Å². The van der Waals surface area contributed by atoms with Crippen LogP contribution in [0.3, 0.4) is 0 Å². The maximum atomic E-state index is 13.0. The van der Waals surface area contributed by atoms with E-state index in [9.17, 15) is 9.18 Å². The number of amidine groups is 1. The number of amides is 1. The number of carbonyl (C=O) groups is 1. The van der Waals surface area contributed by atoms with Gasteiger partial charge in [-0.25, -0.2) is 4.39 Å². The highest BCUT2D eigenvalue weighted by Crippen LogP contribution is 2.31. The number of hydrogen-bond acceptors (Lipinski definition) is 3. The normalized spacial score (nSPS) is 18.7. The minimum atomic E-state index is -0.275. The monoisotopic (exact) mass is 315 g/mol. The lowest BCUT2D eigenvalue weighted by atomic mass is 10.3. The van der Waals surface area contributed by atoms with Crippen molar-refractivity contribution in [1.29, 1.82) is 0 Å². The highest BCUT2D eigenvalue weighted by Gasteiger charge is 2.29. The molecular formula is C16H14FN3OS. The lowest BCUT2D eigenvalue weighted by Gasteiger charge is -2.07. The van der Waals surface area contributed by atoms with Crippen LogP contribution < -0.4 is 0 Å². The molecule has 6 heteroatoms. The summed E-state index contributed by atoms with van der Waals surface area (Å²) in [6, 6.07) is 10.0. The van der Waals surface area contributed by atoms with Gasteiger partial charge >= 0.3 is 0 Å². The quantitative estimate of drug-likeness (QED) is 0.799. The summed E-state index contributed by atoms with van der Waals surface area (Å²) in [5.41, 5.74) is 1.69. The third-order valence-corrected chi connectivity index (χ3v) is 4.51. The summed E-state index contributed by atoms with van der Waals surface area (Å²) in [6.45, 7) is 0. The van der Waals surface area contributed by atoms with Crippen molar-refractivity contribution in [2.24, 2.45) is 4.99 Å². The van der Waals surface area contributed by atoms with E-state index >= 15 is 0 Å². The van der Waals surface area contributed by atoms with Gasteiger partial charge < -0.3 is 4.57 Å². The summed E-state index contributed by atoms with van der Waals surface area (Å²) in [4.78, 5) is 18.4. The number of halogens is 1. The van der Waals surface area contributed by atoms with E-state index in [1.54, 1.807) is 26.2 Å². The van der Waals surface area contributed by atoms with Crippen LogP contribution in [-0.2, 0) is 4.79 Å². The molecule has 2 heterocycles. The Morgan fingerprint density at radius 2 is 1.95 bits per heavy atom. The minimum Gasteiger partial charge on any atom is -0.317 e. The van der Waals surface area contributed by atoms with Crippen LogP contribution >= 0.6 is 11.8 Å². The number of aromatic nitrogens is 1. The van der Waals surface area contributed by atoms with Crippen LogP contribution in [-0.4, -0.2) is 34.6 Å². The number of hydrogen-bond donors (Lipinski definition) is 0. The van der Waals surface area contributed by atoms with E-state index in [4.69, 9.17) is 0 Å². The molecule has 1 aliphatic heterocycles. The second-order valence-corrected chi connectivity index (χ2v) is 5.77. The molecule has 0 saturated carbocycles. The SMILES string of the molecule is CN=C1S/C(=C/c2cccn2-c2ccc(F)cc2)C(=O)N1C. The van der Waals surface area contributed by atoms with Gasteiger partial charge in [-0.2, -0.15) is 0 Å². The van der Waals surface area contributed by atoms with Crippen LogP contribution in [0.1, 0.15) is 5.69 Å². The minimum absolute atomic E-state index is 0.0718. The van der Waals surface area contributed by atoms with Gasteiger partial charge in [-0.1, -0.05) is 0 Å². The Bertz CT molecular complexity index is 777. The predicted molar refractivity (Wildman–Crippen MR) is 87.4 cm³/mol. The van der Waals surface area contributed by atoms with Crippen LogP contribution in [0.15, 0.2) is 52.5 Å². The van der Waals surface area contributed by atoms with E-state index < -0.39 is 0 Å². The fraction of sp³-hybridized carbons (Fsp3) is 0.125. The molecule has 1 fully saturated rings. The second kappa shape index (κ2) is 5.81. The average Bonchev–Trinajstić information content (AvgIpc) is 3.08. The van der Waals surface area contributed by atoms with Gasteiger partial charge in [0.1, 0.15) is 5.82 Å². The van der Waals surface area contributed by atoms with Crippen molar-refractivity contribution in [1.82, 2.24) is 9.47 Å². The molecule has 0 aliphatic carbocycles. The molecule has 1 aliphatic rings. The molecule has 0 radical (unpaired) electrons. The molecular weight excluding hydrogens is 301 g/mol. The highest BCUT2D eigenvalue weighted by atomic mass is 32.2. The summed E-state index contributed by atoms with van der Waals surface area (Å²) in [6.07, 6.45) is 3.70. The summed E-state index contributed by atoms with van der Waals surface area (Å²) in [5.74, 6) is -0.347.